The predicted octanol–water partition coefficient (Wildman–Crippen LogP) is 1.28. The number of primary amides is 1. The smallest absolute Gasteiger partial charge is 0.224 e. The van der Waals surface area contributed by atoms with Gasteiger partial charge in [0.25, 0.3) is 0 Å². The van der Waals surface area contributed by atoms with Gasteiger partial charge in [-0.05, 0) is 32.8 Å². The Labute approximate surface area is 101 Å². The minimum atomic E-state index is -0.579. The van der Waals surface area contributed by atoms with E-state index in [0.29, 0.717) is 12.5 Å². The van der Waals surface area contributed by atoms with Crippen molar-refractivity contribution in [1.82, 2.24) is 9.97 Å². The fourth-order valence-electron chi connectivity index (χ4n) is 1.41. The van der Waals surface area contributed by atoms with Crippen molar-refractivity contribution >= 4 is 11.7 Å². The van der Waals surface area contributed by atoms with Gasteiger partial charge in [-0.15, -0.1) is 0 Å². The number of nitrogens with zero attached hydrogens (tertiary/aromatic N) is 2. The first-order valence-electron chi connectivity index (χ1n) is 5.86. The van der Waals surface area contributed by atoms with Crippen LogP contribution in [0.1, 0.15) is 38.4 Å². The lowest BCUT2D eigenvalue weighted by molar-refractivity contribution is -0.125. The molecule has 1 fully saturated rings. The van der Waals surface area contributed by atoms with Crippen LogP contribution in [0.25, 0.3) is 0 Å². The highest BCUT2D eigenvalue weighted by Crippen LogP contribution is 2.38. The Morgan fingerprint density at radius 3 is 2.88 bits per heavy atom. The van der Waals surface area contributed by atoms with Crippen LogP contribution in [-0.4, -0.2) is 22.4 Å². The first kappa shape index (κ1) is 11.8. The zero-order valence-corrected chi connectivity index (χ0v) is 10.2. The fourth-order valence-corrected chi connectivity index (χ4v) is 1.41. The molecule has 92 valence electrons. The summed E-state index contributed by atoms with van der Waals surface area (Å²) in [6.45, 7) is 4.10. The molecule has 1 aromatic heterocycles. The van der Waals surface area contributed by atoms with Gasteiger partial charge in [0.15, 0.2) is 0 Å². The van der Waals surface area contributed by atoms with Gasteiger partial charge in [0.05, 0.1) is 5.41 Å². The predicted molar refractivity (Wildman–Crippen MR) is 65.5 cm³/mol. The molecule has 5 nitrogen and oxygen atoms in total. The number of rotatable bonds is 5. The van der Waals surface area contributed by atoms with Gasteiger partial charge < -0.3 is 11.1 Å². The topological polar surface area (TPSA) is 80.9 Å². The van der Waals surface area contributed by atoms with E-state index in [1.165, 1.54) is 12.8 Å². The van der Waals surface area contributed by atoms with E-state index in [4.69, 9.17) is 5.73 Å². The average molecular weight is 234 g/mol. The summed E-state index contributed by atoms with van der Waals surface area (Å²) in [5.41, 5.74) is 4.73. The Bertz CT molecular complexity index is 426. The van der Waals surface area contributed by atoms with Gasteiger partial charge in [0.1, 0.15) is 11.6 Å². The third-order valence-corrected chi connectivity index (χ3v) is 3.00. The molecule has 5 heteroatoms. The van der Waals surface area contributed by atoms with Gasteiger partial charge in [-0.3, -0.25) is 4.79 Å². The number of nitrogens with one attached hydrogen (secondary N) is 1. The van der Waals surface area contributed by atoms with Gasteiger partial charge in [0, 0.05) is 18.7 Å². The third-order valence-electron chi connectivity index (χ3n) is 3.00. The first-order chi connectivity index (χ1) is 7.99. The van der Waals surface area contributed by atoms with E-state index >= 15 is 0 Å². The van der Waals surface area contributed by atoms with Crippen LogP contribution in [0.3, 0.4) is 0 Å². The third kappa shape index (κ3) is 2.93. The molecule has 1 aliphatic carbocycles. The van der Waals surface area contributed by atoms with Crippen molar-refractivity contribution in [1.29, 1.82) is 0 Å². The molecule has 0 aromatic carbocycles. The van der Waals surface area contributed by atoms with Crippen molar-refractivity contribution in [3.05, 3.63) is 18.1 Å². The largest absolute Gasteiger partial charge is 0.369 e. The Morgan fingerprint density at radius 1 is 1.59 bits per heavy atom. The molecule has 0 atom stereocenters. The van der Waals surface area contributed by atoms with Crippen LogP contribution in [0.15, 0.2) is 12.3 Å². The lowest BCUT2D eigenvalue weighted by Gasteiger charge is -2.21. The molecule has 0 spiro atoms. The van der Waals surface area contributed by atoms with Crippen molar-refractivity contribution < 1.29 is 4.79 Å². The Morgan fingerprint density at radius 2 is 2.29 bits per heavy atom. The van der Waals surface area contributed by atoms with Crippen LogP contribution < -0.4 is 11.1 Å². The maximum Gasteiger partial charge on any atom is 0.224 e. The minimum absolute atomic E-state index is 0.318. The van der Waals surface area contributed by atoms with E-state index in [2.05, 4.69) is 15.3 Å². The number of nitrogens with two attached hydrogens (primary N) is 1. The van der Waals surface area contributed by atoms with Crippen molar-refractivity contribution in [3.8, 4) is 0 Å². The van der Waals surface area contributed by atoms with Gasteiger partial charge in [0.2, 0.25) is 5.91 Å². The summed E-state index contributed by atoms with van der Waals surface area (Å²) in [5, 5.41) is 3.14. The summed E-state index contributed by atoms with van der Waals surface area (Å²) in [6.07, 6.45) is 4.10. The summed E-state index contributed by atoms with van der Waals surface area (Å²) in [7, 11) is 0. The summed E-state index contributed by atoms with van der Waals surface area (Å²) in [5.74, 6) is 1.87. The second-order valence-electron chi connectivity index (χ2n) is 5.18. The van der Waals surface area contributed by atoms with Crippen LogP contribution in [0.4, 0.5) is 5.82 Å². The summed E-state index contributed by atoms with van der Waals surface area (Å²) in [6, 6.07) is 1.81. The molecule has 1 aromatic rings. The van der Waals surface area contributed by atoms with E-state index in [1.807, 2.05) is 19.9 Å². The molecule has 1 aliphatic rings. The molecule has 0 radical (unpaired) electrons. The second kappa shape index (κ2) is 4.31. The Hall–Kier alpha value is -1.65. The lowest BCUT2D eigenvalue weighted by Crippen LogP contribution is -2.37. The molecular formula is C12H18N4O. The minimum Gasteiger partial charge on any atom is -0.369 e. The normalized spacial score (nSPS) is 15.6. The van der Waals surface area contributed by atoms with Gasteiger partial charge >= 0.3 is 0 Å². The Kier molecular flexibility index (Phi) is 3.00. The van der Waals surface area contributed by atoms with Crippen LogP contribution in [-0.2, 0) is 4.79 Å². The number of carbonyl (C=O) groups is 1. The standard InChI is InChI=1S/C12H18N4O/c1-12(2,11(13)17)7-15-9-5-6-14-10(16-9)8-3-4-8/h5-6,8H,3-4,7H2,1-2H3,(H2,13,17)(H,14,15,16). The highest BCUT2D eigenvalue weighted by molar-refractivity contribution is 5.80. The molecule has 1 saturated carbocycles. The molecular weight excluding hydrogens is 216 g/mol. The molecule has 0 bridgehead atoms. The van der Waals surface area contributed by atoms with Crippen molar-refractivity contribution in [3.63, 3.8) is 0 Å². The van der Waals surface area contributed by atoms with E-state index < -0.39 is 5.41 Å². The molecule has 3 N–H and O–H groups in total. The van der Waals surface area contributed by atoms with E-state index in [9.17, 15) is 4.79 Å². The number of aromatic nitrogens is 2. The second-order valence-corrected chi connectivity index (χ2v) is 5.18. The number of hydrogen-bond acceptors (Lipinski definition) is 4. The molecule has 1 heterocycles. The highest BCUT2D eigenvalue weighted by Gasteiger charge is 2.27. The number of hydrogen-bond donors (Lipinski definition) is 2. The van der Waals surface area contributed by atoms with Crippen molar-refractivity contribution in [2.75, 3.05) is 11.9 Å². The number of amides is 1. The SMILES string of the molecule is CC(C)(CNc1ccnc(C2CC2)n1)C(N)=O. The van der Waals surface area contributed by atoms with Crippen LogP contribution in [0, 0.1) is 5.41 Å². The maximum atomic E-state index is 11.2. The molecule has 0 unspecified atom stereocenters. The van der Waals surface area contributed by atoms with Gasteiger partial charge in [-0.2, -0.15) is 0 Å². The summed E-state index contributed by atoms with van der Waals surface area (Å²) in [4.78, 5) is 19.8. The average Bonchev–Trinajstić information content (AvgIpc) is 3.10. The van der Waals surface area contributed by atoms with Crippen LogP contribution >= 0.6 is 0 Å². The van der Waals surface area contributed by atoms with Crippen LogP contribution in [0.2, 0.25) is 0 Å². The molecule has 2 rings (SSSR count). The highest BCUT2D eigenvalue weighted by atomic mass is 16.1. The maximum absolute atomic E-state index is 11.2. The number of carbonyl (C=O) groups excluding carboxylic acids is 1. The van der Waals surface area contributed by atoms with Gasteiger partial charge in [-0.1, -0.05) is 0 Å². The van der Waals surface area contributed by atoms with E-state index in [-0.39, 0.29) is 5.91 Å². The first-order valence-corrected chi connectivity index (χ1v) is 5.86. The van der Waals surface area contributed by atoms with Gasteiger partial charge in [-0.25, -0.2) is 9.97 Å². The van der Waals surface area contributed by atoms with E-state index in [0.717, 1.165) is 11.6 Å². The Balaban J connectivity index is 1.99. The van der Waals surface area contributed by atoms with E-state index in [1.54, 1.807) is 6.20 Å². The quantitative estimate of drug-likeness (QED) is 0.804. The molecule has 17 heavy (non-hydrogen) atoms. The summed E-state index contributed by atoms with van der Waals surface area (Å²) >= 11 is 0. The zero-order valence-electron chi connectivity index (χ0n) is 10.2. The molecule has 1 amide bonds. The monoisotopic (exact) mass is 234 g/mol. The molecule has 0 aliphatic heterocycles. The van der Waals surface area contributed by atoms with Crippen molar-refractivity contribution in [2.45, 2.75) is 32.6 Å². The number of anilines is 1. The summed E-state index contributed by atoms with van der Waals surface area (Å²) < 4.78 is 0. The fraction of sp³-hybridized carbons (Fsp3) is 0.583. The lowest BCUT2D eigenvalue weighted by atomic mass is 9.93. The molecule has 0 saturated heterocycles. The van der Waals surface area contributed by atoms with Crippen molar-refractivity contribution in [2.24, 2.45) is 11.1 Å². The van der Waals surface area contributed by atoms with Crippen LogP contribution in [0.5, 0.6) is 0 Å². The zero-order chi connectivity index (χ0) is 12.5.